The molecule has 0 aliphatic carbocycles. The van der Waals surface area contributed by atoms with Gasteiger partial charge in [0.05, 0.1) is 13.2 Å². The predicted octanol–water partition coefficient (Wildman–Crippen LogP) is 1.56. The normalized spacial score (nSPS) is 12.3. The van der Waals surface area contributed by atoms with Gasteiger partial charge in [-0.05, 0) is 29.9 Å². The Bertz CT molecular complexity index is 866. The van der Waals surface area contributed by atoms with Crippen molar-refractivity contribution in [3.63, 3.8) is 0 Å². The molecule has 9 nitrogen and oxygen atoms in total. The lowest BCUT2D eigenvalue weighted by Crippen LogP contribution is -2.25. The lowest BCUT2D eigenvalue weighted by Gasteiger charge is -2.11. The second kappa shape index (κ2) is 7.58. The number of H-pyrrole nitrogens is 1. The van der Waals surface area contributed by atoms with Crippen molar-refractivity contribution in [2.75, 3.05) is 18.4 Å². The van der Waals surface area contributed by atoms with Crippen molar-refractivity contribution in [2.45, 2.75) is 5.92 Å². The van der Waals surface area contributed by atoms with Gasteiger partial charge in [0, 0.05) is 5.02 Å². The maximum atomic E-state index is 12.0. The molecule has 0 bridgehead atoms. The first-order valence-corrected chi connectivity index (χ1v) is 7.26. The molecule has 0 unspecified atom stereocenters. The van der Waals surface area contributed by atoms with Crippen molar-refractivity contribution >= 4 is 41.4 Å². The first-order valence-electron chi connectivity index (χ1n) is 6.47. The summed E-state index contributed by atoms with van der Waals surface area (Å²) < 4.78 is 4.82. The standard InChI is InChI=1S/C13H12ClN7O2S/c1-23-11(22)10(18-19-12-17-13(24)20-21(12)16)9(6-15)7-2-4-8(14)5-3-7/h2-5,9H,16H2,1H3,(H2,17,19,20,24)/b18-10-/t9-/m1/s1. The molecule has 1 aromatic carbocycles. The summed E-state index contributed by atoms with van der Waals surface area (Å²) in [5, 5.41) is 16.4. The number of rotatable bonds is 5. The zero-order valence-corrected chi connectivity index (χ0v) is 13.9. The zero-order valence-electron chi connectivity index (χ0n) is 12.4. The largest absolute Gasteiger partial charge is 0.464 e. The van der Waals surface area contributed by atoms with Gasteiger partial charge in [-0.2, -0.15) is 20.1 Å². The number of nitrogens with one attached hydrogen (secondary N) is 2. The smallest absolute Gasteiger partial charge is 0.355 e. The molecule has 1 atom stereocenters. The fraction of sp³-hybridized carbons (Fsp3) is 0.154. The van der Waals surface area contributed by atoms with Gasteiger partial charge in [0.2, 0.25) is 4.77 Å². The number of hydrogen-bond acceptors (Lipinski definition) is 8. The number of aromatic amines is 1. The minimum atomic E-state index is -0.977. The molecule has 124 valence electrons. The van der Waals surface area contributed by atoms with Crippen LogP contribution in [0.15, 0.2) is 29.4 Å². The molecule has 0 aliphatic rings. The number of nitrogens with two attached hydrogens (primary N) is 1. The fourth-order valence-electron chi connectivity index (χ4n) is 1.80. The fourth-order valence-corrected chi connectivity index (χ4v) is 2.11. The number of benzene rings is 1. The van der Waals surface area contributed by atoms with Crippen LogP contribution in [0.2, 0.25) is 5.02 Å². The van der Waals surface area contributed by atoms with E-state index in [2.05, 4.69) is 20.6 Å². The minimum Gasteiger partial charge on any atom is -0.464 e. The van der Waals surface area contributed by atoms with E-state index in [4.69, 9.17) is 34.4 Å². The number of halogens is 1. The van der Waals surface area contributed by atoms with Crippen molar-refractivity contribution in [2.24, 2.45) is 5.10 Å². The van der Waals surface area contributed by atoms with Gasteiger partial charge < -0.3 is 10.6 Å². The van der Waals surface area contributed by atoms with Crippen molar-refractivity contribution in [3.05, 3.63) is 39.6 Å². The summed E-state index contributed by atoms with van der Waals surface area (Å²) in [6, 6.07) is 8.46. The number of anilines is 1. The number of nitrogens with zero attached hydrogens (tertiary/aromatic N) is 4. The van der Waals surface area contributed by atoms with E-state index in [1.165, 1.54) is 7.11 Å². The molecule has 11 heteroatoms. The maximum absolute atomic E-state index is 12.0. The van der Waals surface area contributed by atoms with Gasteiger partial charge in [0.1, 0.15) is 5.92 Å². The van der Waals surface area contributed by atoms with E-state index in [1.807, 2.05) is 6.07 Å². The number of carbonyl (C=O) groups is 1. The number of methoxy groups -OCH3 is 1. The van der Waals surface area contributed by atoms with E-state index in [0.29, 0.717) is 10.6 Å². The third kappa shape index (κ3) is 3.89. The number of aromatic nitrogens is 3. The van der Waals surface area contributed by atoms with Crippen molar-refractivity contribution in [1.82, 2.24) is 14.9 Å². The number of ether oxygens (including phenoxy) is 1. The highest BCUT2D eigenvalue weighted by Crippen LogP contribution is 2.20. The Morgan fingerprint density at radius 2 is 2.25 bits per heavy atom. The summed E-state index contributed by atoms with van der Waals surface area (Å²) in [7, 11) is 1.19. The molecule has 0 fully saturated rings. The average molecular weight is 366 g/mol. The predicted molar refractivity (Wildman–Crippen MR) is 90.4 cm³/mol. The summed E-state index contributed by atoms with van der Waals surface area (Å²) in [6.45, 7) is 0. The van der Waals surface area contributed by atoms with Gasteiger partial charge in [-0.3, -0.25) is 5.10 Å². The monoisotopic (exact) mass is 365 g/mol. The Morgan fingerprint density at radius 1 is 1.58 bits per heavy atom. The molecule has 24 heavy (non-hydrogen) atoms. The van der Waals surface area contributed by atoms with Crippen molar-refractivity contribution in [1.29, 1.82) is 5.26 Å². The molecule has 0 saturated carbocycles. The summed E-state index contributed by atoms with van der Waals surface area (Å²) in [4.78, 5) is 16.9. The second-order valence-corrected chi connectivity index (χ2v) is 5.26. The summed E-state index contributed by atoms with van der Waals surface area (Å²) in [6.07, 6.45) is 0. The van der Waals surface area contributed by atoms with Crippen LogP contribution < -0.4 is 11.3 Å². The molecule has 1 heterocycles. The molecule has 0 aliphatic heterocycles. The van der Waals surface area contributed by atoms with Gasteiger partial charge in [-0.15, -0.1) is 0 Å². The molecule has 0 amide bonds. The second-order valence-electron chi connectivity index (χ2n) is 4.44. The van der Waals surface area contributed by atoms with Crippen LogP contribution in [0.1, 0.15) is 11.5 Å². The van der Waals surface area contributed by atoms with E-state index in [-0.39, 0.29) is 16.4 Å². The molecule has 0 saturated heterocycles. The molecule has 0 spiro atoms. The zero-order chi connectivity index (χ0) is 17.7. The topological polar surface area (TPSA) is 134 Å². The molecular formula is C13H12ClN7O2S. The summed E-state index contributed by atoms with van der Waals surface area (Å²) >= 11 is 10.7. The van der Waals surface area contributed by atoms with Crippen LogP contribution in [0.5, 0.6) is 0 Å². The van der Waals surface area contributed by atoms with Crippen LogP contribution in [0.25, 0.3) is 0 Å². The quantitative estimate of drug-likeness (QED) is 0.240. The summed E-state index contributed by atoms with van der Waals surface area (Å²) in [5.74, 6) is 3.89. The number of nitrogen functional groups attached to an aromatic ring is 1. The van der Waals surface area contributed by atoms with Crippen LogP contribution in [-0.4, -0.2) is 33.7 Å². The lowest BCUT2D eigenvalue weighted by molar-refractivity contribution is -0.132. The maximum Gasteiger partial charge on any atom is 0.355 e. The molecule has 2 aromatic rings. The number of carbonyl (C=O) groups excluding carboxylic acids is 1. The van der Waals surface area contributed by atoms with Crippen LogP contribution in [-0.2, 0) is 9.53 Å². The first-order chi connectivity index (χ1) is 11.5. The molecular weight excluding hydrogens is 354 g/mol. The van der Waals surface area contributed by atoms with Crippen LogP contribution >= 0.6 is 23.8 Å². The van der Waals surface area contributed by atoms with Gasteiger partial charge in [-0.1, -0.05) is 23.7 Å². The highest BCUT2D eigenvalue weighted by molar-refractivity contribution is 7.71. The minimum absolute atomic E-state index is 0.0641. The molecule has 0 radical (unpaired) electrons. The van der Waals surface area contributed by atoms with E-state index in [0.717, 1.165) is 4.79 Å². The lowest BCUT2D eigenvalue weighted by atomic mass is 9.95. The van der Waals surface area contributed by atoms with Gasteiger partial charge in [0.15, 0.2) is 5.71 Å². The van der Waals surface area contributed by atoms with Crippen LogP contribution in [0.4, 0.5) is 5.95 Å². The van der Waals surface area contributed by atoms with Crippen molar-refractivity contribution < 1.29 is 9.53 Å². The third-order valence-electron chi connectivity index (χ3n) is 2.93. The number of hydrogen-bond donors (Lipinski definition) is 3. The summed E-state index contributed by atoms with van der Waals surface area (Å²) in [5.41, 5.74) is 2.84. The third-order valence-corrected chi connectivity index (χ3v) is 3.36. The Kier molecular flexibility index (Phi) is 5.51. The van der Waals surface area contributed by atoms with Gasteiger partial charge >= 0.3 is 5.97 Å². The highest BCUT2D eigenvalue weighted by Gasteiger charge is 2.26. The number of nitriles is 1. The Hall–Kier alpha value is -2.90. The molecule has 4 N–H and O–H groups in total. The average Bonchev–Trinajstić information content (AvgIpc) is 2.89. The van der Waals surface area contributed by atoms with Crippen LogP contribution in [0, 0.1) is 16.1 Å². The Labute approximate surface area is 146 Å². The van der Waals surface area contributed by atoms with E-state index < -0.39 is 11.9 Å². The van der Waals surface area contributed by atoms with Crippen molar-refractivity contribution in [3.8, 4) is 6.07 Å². The molecule has 2 rings (SSSR count). The van der Waals surface area contributed by atoms with Crippen LogP contribution in [0.3, 0.4) is 0 Å². The molecule has 1 aromatic heterocycles. The van der Waals surface area contributed by atoms with Gasteiger partial charge in [0.25, 0.3) is 5.95 Å². The number of hydrazone groups is 1. The Morgan fingerprint density at radius 3 is 2.75 bits per heavy atom. The Balaban J connectivity index is 2.39. The van der Waals surface area contributed by atoms with E-state index in [1.54, 1.807) is 24.3 Å². The highest BCUT2D eigenvalue weighted by atomic mass is 35.5. The van der Waals surface area contributed by atoms with Gasteiger partial charge in [-0.25, -0.2) is 10.2 Å². The SMILES string of the molecule is COC(=O)/C(=N\Nc1nc(=S)[nH]n1N)[C@H](C#N)c1ccc(Cl)cc1. The first kappa shape index (κ1) is 17.5. The number of esters is 1. The van der Waals surface area contributed by atoms with E-state index >= 15 is 0 Å². The van der Waals surface area contributed by atoms with E-state index in [9.17, 15) is 10.1 Å².